The zero-order valence-corrected chi connectivity index (χ0v) is 11.6. The quantitative estimate of drug-likeness (QED) is 0.888. The van der Waals surface area contributed by atoms with Gasteiger partial charge in [-0.3, -0.25) is 0 Å². The Bertz CT molecular complexity index is 367. The number of fused-ring (bicyclic) bond motifs is 1. The minimum absolute atomic E-state index is 0.406. The lowest BCUT2D eigenvalue weighted by Crippen LogP contribution is -2.36. The second kappa shape index (κ2) is 5.78. The van der Waals surface area contributed by atoms with Gasteiger partial charge in [0.25, 0.3) is 0 Å². The summed E-state index contributed by atoms with van der Waals surface area (Å²) in [6.45, 7) is 5.33. The van der Waals surface area contributed by atoms with Crippen LogP contribution in [0.1, 0.15) is 25.5 Å². The molecule has 1 aliphatic rings. The first-order chi connectivity index (χ1) is 8.22. The van der Waals surface area contributed by atoms with Crippen LogP contribution in [0.3, 0.4) is 0 Å². The van der Waals surface area contributed by atoms with E-state index in [9.17, 15) is 0 Å². The van der Waals surface area contributed by atoms with Gasteiger partial charge in [-0.1, -0.05) is 32.0 Å². The molecule has 0 amide bonds. The summed E-state index contributed by atoms with van der Waals surface area (Å²) >= 11 is 2.01. The molecule has 3 heteroatoms. The minimum Gasteiger partial charge on any atom is -0.492 e. The summed E-state index contributed by atoms with van der Waals surface area (Å²) in [6.07, 6.45) is 0. The van der Waals surface area contributed by atoms with Crippen LogP contribution in [-0.4, -0.2) is 24.7 Å². The van der Waals surface area contributed by atoms with Gasteiger partial charge in [0, 0.05) is 5.56 Å². The summed E-state index contributed by atoms with van der Waals surface area (Å²) in [5, 5.41) is 3.94. The van der Waals surface area contributed by atoms with Gasteiger partial charge in [-0.2, -0.15) is 11.8 Å². The maximum absolute atomic E-state index is 5.84. The predicted octanol–water partition coefficient (Wildman–Crippen LogP) is 3.10. The number of hydrogen-bond acceptors (Lipinski definition) is 3. The molecule has 0 saturated carbocycles. The highest BCUT2D eigenvalue weighted by molar-refractivity contribution is 8.00. The van der Waals surface area contributed by atoms with E-state index in [0.29, 0.717) is 11.3 Å². The highest BCUT2D eigenvalue weighted by atomic mass is 32.2. The fourth-order valence-corrected chi connectivity index (χ4v) is 3.41. The van der Waals surface area contributed by atoms with E-state index >= 15 is 0 Å². The molecule has 0 fully saturated rings. The number of para-hydroxylation sites is 1. The maximum atomic E-state index is 5.84. The van der Waals surface area contributed by atoms with Crippen molar-refractivity contribution in [3.8, 4) is 5.75 Å². The summed E-state index contributed by atoms with van der Waals surface area (Å²) in [5.74, 6) is 2.96. The molecule has 2 atom stereocenters. The van der Waals surface area contributed by atoms with Crippen molar-refractivity contribution >= 4 is 11.8 Å². The Morgan fingerprint density at radius 3 is 2.88 bits per heavy atom. The lowest BCUT2D eigenvalue weighted by molar-refractivity contribution is 0.265. The summed E-state index contributed by atoms with van der Waals surface area (Å²) in [6, 6.07) is 8.75. The van der Waals surface area contributed by atoms with E-state index in [1.165, 1.54) is 11.3 Å². The molecule has 2 rings (SSSR count). The Balaban J connectivity index is 2.12. The largest absolute Gasteiger partial charge is 0.492 e. The molecule has 0 bridgehead atoms. The third-order valence-corrected chi connectivity index (χ3v) is 4.68. The third-order valence-electron chi connectivity index (χ3n) is 2.98. The number of thioether (sulfide) groups is 1. The van der Waals surface area contributed by atoms with Crippen molar-refractivity contribution in [3.63, 3.8) is 0 Å². The summed E-state index contributed by atoms with van der Waals surface area (Å²) in [4.78, 5) is 0. The molecule has 17 heavy (non-hydrogen) atoms. The Kier molecular flexibility index (Phi) is 4.35. The van der Waals surface area contributed by atoms with Crippen molar-refractivity contribution in [2.45, 2.75) is 25.1 Å². The van der Waals surface area contributed by atoms with Crippen LogP contribution in [-0.2, 0) is 0 Å². The van der Waals surface area contributed by atoms with Gasteiger partial charge >= 0.3 is 0 Å². The van der Waals surface area contributed by atoms with E-state index in [1.54, 1.807) is 0 Å². The van der Waals surface area contributed by atoms with Gasteiger partial charge < -0.3 is 10.1 Å². The molecule has 0 aliphatic carbocycles. The fourth-order valence-electron chi connectivity index (χ4n) is 2.14. The van der Waals surface area contributed by atoms with Crippen LogP contribution in [0.25, 0.3) is 0 Å². The Morgan fingerprint density at radius 1 is 1.41 bits per heavy atom. The summed E-state index contributed by atoms with van der Waals surface area (Å²) in [5.41, 5.74) is 1.29. The molecule has 1 heterocycles. The van der Waals surface area contributed by atoms with Crippen molar-refractivity contribution < 1.29 is 4.74 Å². The first kappa shape index (κ1) is 12.8. The van der Waals surface area contributed by atoms with Gasteiger partial charge in [-0.15, -0.1) is 0 Å². The Hall–Kier alpha value is -0.670. The van der Waals surface area contributed by atoms with E-state index in [2.05, 4.69) is 37.4 Å². The third kappa shape index (κ3) is 2.96. The van der Waals surface area contributed by atoms with Crippen molar-refractivity contribution in [3.05, 3.63) is 29.8 Å². The van der Waals surface area contributed by atoms with Crippen molar-refractivity contribution in [1.82, 2.24) is 5.32 Å². The molecule has 2 nitrogen and oxygen atoms in total. The molecule has 0 spiro atoms. The lowest BCUT2D eigenvalue weighted by atomic mass is 10.0. The van der Waals surface area contributed by atoms with E-state index in [1.807, 2.05) is 24.9 Å². The van der Waals surface area contributed by atoms with E-state index in [0.717, 1.165) is 18.3 Å². The Labute approximate surface area is 108 Å². The predicted molar refractivity (Wildman–Crippen MR) is 74.8 cm³/mol. The van der Waals surface area contributed by atoms with Crippen LogP contribution >= 0.6 is 11.8 Å². The molecule has 1 aliphatic heterocycles. The van der Waals surface area contributed by atoms with Crippen molar-refractivity contribution in [1.29, 1.82) is 0 Å². The monoisotopic (exact) mass is 251 g/mol. The van der Waals surface area contributed by atoms with Crippen LogP contribution in [0, 0.1) is 5.92 Å². The van der Waals surface area contributed by atoms with Gasteiger partial charge in [-0.05, 0) is 24.8 Å². The van der Waals surface area contributed by atoms with Gasteiger partial charge in [0.2, 0.25) is 0 Å². The first-order valence-electron chi connectivity index (χ1n) is 6.23. The topological polar surface area (TPSA) is 21.3 Å². The fraction of sp³-hybridized carbons (Fsp3) is 0.571. The zero-order chi connectivity index (χ0) is 12.3. The molecule has 94 valence electrons. The summed E-state index contributed by atoms with van der Waals surface area (Å²) in [7, 11) is 2.04. The second-order valence-electron chi connectivity index (χ2n) is 4.88. The average molecular weight is 251 g/mol. The van der Waals surface area contributed by atoms with Crippen LogP contribution in [0.5, 0.6) is 5.75 Å². The van der Waals surface area contributed by atoms with Crippen LogP contribution in [0.4, 0.5) is 0 Å². The first-order valence-corrected chi connectivity index (χ1v) is 7.28. The minimum atomic E-state index is 0.406. The molecule has 0 radical (unpaired) electrons. The molecular formula is C14H21NOS. The molecule has 1 aromatic rings. The van der Waals surface area contributed by atoms with E-state index in [4.69, 9.17) is 4.74 Å². The number of ether oxygens (including phenoxy) is 1. The smallest absolute Gasteiger partial charge is 0.124 e. The number of rotatable bonds is 4. The summed E-state index contributed by atoms with van der Waals surface area (Å²) < 4.78 is 5.84. The molecule has 2 unspecified atom stereocenters. The van der Waals surface area contributed by atoms with Crippen LogP contribution in [0.2, 0.25) is 0 Å². The highest BCUT2D eigenvalue weighted by Crippen LogP contribution is 2.37. The van der Waals surface area contributed by atoms with Gasteiger partial charge in [0.05, 0.1) is 11.3 Å². The lowest BCUT2D eigenvalue weighted by Gasteiger charge is -2.33. The number of benzene rings is 1. The van der Waals surface area contributed by atoms with Gasteiger partial charge in [0.1, 0.15) is 12.4 Å². The maximum Gasteiger partial charge on any atom is 0.124 e. The molecule has 1 N–H and O–H groups in total. The van der Waals surface area contributed by atoms with E-state index < -0.39 is 0 Å². The second-order valence-corrected chi connectivity index (χ2v) is 6.15. The highest BCUT2D eigenvalue weighted by Gasteiger charge is 2.29. The van der Waals surface area contributed by atoms with E-state index in [-0.39, 0.29) is 0 Å². The molecule has 1 aromatic carbocycles. The SMILES string of the molecule is CNC1c2ccccc2OCC1SCC(C)C. The van der Waals surface area contributed by atoms with Crippen molar-refractivity contribution in [2.24, 2.45) is 5.92 Å². The molecular weight excluding hydrogens is 230 g/mol. The van der Waals surface area contributed by atoms with Gasteiger partial charge in [0.15, 0.2) is 0 Å². The number of hydrogen-bond donors (Lipinski definition) is 1. The number of nitrogens with one attached hydrogen (secondary N) is 1. The average Bonchev–Trinajstić information content (AvgIpc) is 2.35. The van der Waals surface area contributed by atoms with Crippen LogP contribution in [0.15, 0.2) is 24.3 Å². The van der Waals surface area contributed by atoms with Crippen molar-refractivity contribution in [2.75, 3.05) is 19.4 Å². The van der Waals surface area contributed by atoms with Gasteiger partial charge in [-0.25, -0.2) is 0 Å². The molecule has 0 saturated heterocycles. The molecule has 0 aromatic heterocycles. The van der Waals surface area contributed by atoms with Crippen LogP contribution < -0.4 is 10.1 Å². The standard InChI is InChI=1S/C14H21NOS/c1-10(2)9-17-13-8-16-12-7-5-4-6-11(12)14(13)15-3/h4-7,10,13-15H,8-9H2,1-3H3. The Morgan fingerprint density at radius 2 is 2.18 bits per heavy atom. The normalized spacial score (nSPS) is 23.3. The zero-order valence-electron chi connectivity index (χ0n) is 10.8.